The number of alkyl halides is 4. The number of benzene rings is 1. The molecule has 1 unspecified atom stereocenters. The van der Waals surface area contributed by atoms with Gasteiger partial charge in [0, 0.05) is 6.07 Å². The number of hydrogen-bond acceptors (Lipinski definition) is 9. The molecule has 0 bridgehead atoms. The molecule has 1 aliphatic rings. The Balaban J connectivity index is 1.63. The van der Waals surface area contributed by atoms with Crippen molar-refractivity contribution >= 4 is 39.1 Å². The van der Waals surface area contributed by atoms with Gasteiger partial charge in [-0.2, -0.15) is 14.5 Å². The third-order valence-electron chi connectivity index (χ3n) is 5.54. The maximum absolute atomic E-state index is 13.3. The molecule has 2 aromatic heterocycles. The lowest BCUT2D eigenvalue weighted by molar-refractivity contribution is -0.125. The fraction of sp³-hybridized carbons (Fsp3) is 0.286. The number of carbonyl (C=O) groups excluding carboxylic acids is 1. The van der Waals surface area contributed by atoms with Crippen molar-refractivity contribution in [1.82, 2.24) is 29.8 Å². The van der Waals surface area contributed by atoms with Crippen LogP contribution in [0.15, 0.2) is 38.9 Å². The van der Waals surface area contributed by atoms with Gasteiger partial charge in [-0.25, -0.2) is 35.8 Å². The van der Waals surface area contributed by atoms with Gasteiger partial charge in [0.2, 0.25) is 28.1 Å². The molecule has 0 spiro atoms. The van der Waals surface area contributed by atoms with Gasteiger partial charge in [-0.3, -0.25) is 14.6 Å². The molecule has 41 heavy (non-hydrogen) atoms. The smallest absolute Gasteiger partial charge is 0.349 e. The van der Waals surface area contributed by atoms with E-state index in [2.05, 4.69) is 10.1 Å². The number of amides is 1. The molecule has 3 aromatic rings. The Morgan fingerprint density at radius 3 is 2.39 bits per heavy atom. The van der Waals surface area contributed by atoms with E-state index in [9.17, 15) is 45.5 Å². The fourth-order valence-corrected chi connectivity index (χ4v) is 5.47. The van der Waals surface area contributed by atoms with Crippen molar-refractivity contribution in [2.24, 2.45) is 0 Å². The van der Waals surface area contributed by atoms with E-state index in [0.717, 1.165) is 18.2 Å². The number of sulfonamides is 1. The summed E-state index contributed by atoms with van der Waals surface area (Å²) < 4.78 is 85.7. The number of pyridine rings is 1. The molecule has 1 amide bonds. The van der Waals surface area contributed by atoms with Crippen LogP contribution in [0.5, 0.6) is 17.4 Å². The van der Waals surface area contributed by atoms with Crippen molar-refractivity contribution in [1.29, 1.82) is 0 Å². The summed E-state index contributed by atoms with van der Waals surface area (Å²) in [5.41, 5.74) is -5.84. The van der Waals surface area contributed by atoms with Crippen molar-refractivity contribution in [3.8, 4) is 23.1 Å². The second-order valence-electron chi connectivity index (χ2n) is 8.47. The summed E-state index contributed by atoms with van der Waals surface area (Å²) in [6.45, 7) is -1.53. The maximum Gasteiger partial charge on any atom is 0.349 e. The van der Waals surface area contributed by atoms with Crippen molar-refractivity contribution in [3.05, 3.63) is 61.0 Å². The lowest BCUT2D eigenvalue weighted by atomic mass is 10.3. The van der Waals surface area contributed by atoms with E-state index in [-0.39, 0.29) is 34.3 Å². The third-order valence-corrected chi connectivity index (χ3v) is 7.67. The molecule has 1 aliphatic carbocycles. The third kappa shape index (κ3) is 6.29. The summed E-state index contributed by atoms with van der Waals surface area (Å²) in [5.74, 6) is -2.81. The number of H-pyrrole nitrogens is 1. The molecule has 4 rings (SSSR count). The highest BCUT2D eigenvalue weighted by atomic mass is 35.5. The van der Waals surface area contributed by atoms with Gasteiger partial charge in [0.05, 0.1) is 21.9 Å². The number of rotatable bonds is 10. The summed E-state index contributed by atoms with van der Waals surface area (Å²) in [4.78, 5) is 40.5. The van der Waals surface area contributed by atoms with Gasteiger partial charge in [-0.1, -0.05) is 23.2 Å². The van der Waals surface area contributed by atoms with E-state index in [1.54, 1.807) is 10.3 Å². The zero-order chi connectivity index (χ0) is 30.3. The number of hydrogen-bond donors (Lipinski definition) is 4. The molecule has 0 aliphatic heterocycles. The van der Waals surface area contributed by atoms with Crippen molar-refractivity contribution in [2.45, 2.75) is 36.0 Å². The molecule has 1 fully saturated rings. The van der Waals surface area contributed by atoms with Gasteiger partial charge >= 0.3 is 5.69 Å². The van der Waals surface area contributed by atoms with Gasteiger partial charge < -0.3 is 15.2 Å². The topological polar surface area (TPSA) is 185 Å². The Kier molecular flexibility index (Phi) is 8.30. The van der Waals surface area contributed by atoms with E-state index in [1.807, 2.05) is 4.72 Å². The first-order chi connectivity index (χ1) is 19.2. The Hall–Kier alpha value is -3.74. The number of halogens is 6. The van der Waals surface area contributed by atoms with Crippen LogP contribution < -0.4 is 26.0 Å². The second kappa shape index (κ2) is 11.3. The molecule has 1 saturated carbocycles. The first-order valence-corrected chi connectivity index (χ1v) is 13.3. The molecule has 13 nitrogen and oxygen atoms in total. The van der Waals surface area contributed by atoms with Crippen LogP contribution >= 0.6 is 23.2 Å². The van der Waals surface area contributed by atoms with Crippen LogP contribution in [0.1, 0.15) is 25.0 Å². The average Bonchev–Trinajstić information content (AvgIpc) is 3.66. The Bertz CT molecular complexity index is 1730. The van der Waals surface area contributed by atoms with Crippen LogP contribution in [0, 0.1) is 0 Å². The highest BCUT2D eigenvalue weighted by Gasteiger charge is 2.53. The van der Waals surface area contributed by atoms with Gasteiger partial charge in [-0.15, -0.1) is 0 Å². The summed E-state index contributed by atoms with van der Waals surface area (Å²) in [7, 11) is -4.67. The molecule has 1 aromatic carbocycles. The molecule has 0 saturated heterocycles. The second-order valence-corrected chi connectivity index (χ2v) is 10.9. The lowest BCUT2D eigenvalue weighted by Gasteiger charge is -2.19. The number of ether oxygens (including phenoxy) is 1. The predicted octanol–water partition coefficient (Wildman–Crippen LogP) is 2.25. The molecular formula is C21H16Cl2F4N6O7S. The monoisotopic (exact) mass is 642 g/mol. The van der Waals surface area contributed by atoms with Crippen molar-refractivity contribution in [3.63, 3.8) is 0 Å². The number of carbonyl (C=O) groups is 1. The van der Waals surface area contributed by atoms with Crippen LogP contribution in [-0.2, 0) is 14.8 Å². The first-order valence-electron chi connectivity index (χ1n) is 11.1. The van der Waals surface area contributed by atoms with E-state index in [4.69, 9.17) is 27.9 Å². The summed E-state index contributed by atoms with van der Waals surface area (Å²) in [6.07, 6.45) is -5.02. The molecule has 0 radical (unpaired) electrons. The Labute approximate surface area is 236 Å². The summed E-state index contributed by atoms with van der Waals surface area (Å²) in [6, 6.07) is 2.76. The van der Waals surface area contributed by atoms with Crippen LogP contribution in [-0.4, -0.2) is 57.7 Å². The quantitative estimate of drug-likeness (QED) is 0.190. The standard InChI is InChI=1S/C21H16Cl2F4N6O7S/c22-9-3-8(33-20(37)30-18(35)15(31-33)17(26)27)4-10(23)16(9)40-14-5-12(11(34)7-28-14)41(38,39)32-21(1-2-21)19(36)29-13(25)6-24/h3-5,7,13,17,32,34H,1-2,6H2,(H,29,36)(H,30,35,37). The molecule has 4 N–H and O–H groups in total. The lowest BCUT2D eigenvalue weighted by Crippen LogP contribution is -2.51. The Morgan fingerprint density at radius 1 is 1.20 bits per heavy atom. The van der Waals surface area contributed by atoms with E-state index in [1.165, 1.54) is 0 Å². The normalized spacial score (nSPS) is 15.0. The van der Waals surface area contributed by atoms with Crippen LogP contribution in [0.4, 0.5) is 17.6 Å². The van der Waals surface area contributed by atoms with Crippen LogP contribution in [0.3, 0.4) is 0 Å². The van der Waals surface area contributed by atoms with E-state index < -0.39 is 74.3 Å². The van der Waals surface area contributed by atoms with Gasteiger partial charge in [0.15, 0.2) is 17.2 Å². The minimum Gasteiger partial charge on any atom is -0.505 e. The van der Waals surface area contributed by atoms with Crippen LogP contribution in [0.2, 0.25) is 10.0 Å². The van der Waals surface area contributed by atoms with Crippen molar-refractivity contribution < 1.29 is 40.6 Å². The SMILES string of the molecule is O=C(NC(F)CF)C1(NS(=O)(=O)c2cc(Oc3c(Cl)cc(-n4nc(C(F)F)c(=O)[nH]c4=O)cc3Cl)ncc2O)CC1. The number of aromatic amines is 1. The number of aromatic hydroxyl groups is 1. The number of aromatic nitrogens is 4. The van der Waals surface area contributed by atoms with Gasteiger partial charge in [-0.05, 0) is 25.0 Å². The summed E-state index contributed by atoms with van der Waals surface area (Å²) >= 11 is 12.4. The molecule has 2 heterocycles. The molecular weight excluding hydrogens is 627 g/mol. The molecule has 20 heteroatoms. The number of nitrogens with one attached hydrogen (secondary N) is 3. The van der Waals surface area contributed by atoms with Crippen LogP contribution in [0.25, 0.3) is 5.69 Å². The fourth-order valence-electron chi connectivity index (χ4n) is 3.42. The van der Waals surface area contributed by atoms with E-state index in [0.29, 0.717) is 10.9 Å². The molecule has 220 valence electrons. The highest BCUT2D eigenvalue weighted by molar-refractivity contribution is 7.89. The molecule has 1 atom stereocenters. The maximum atomic E-state index is 13.3. The van der Waals surface area contributed by atoms with E-state index >= 15 is 0 Å². The van der Waals surface area contributed by atoms with Gasteiger partial charge in [0.1, 0.15) is 17.1 Å². The zero-order valence-electron chi connectivity index (χ0n) is 20.0. The minimum atomic E-state index is -4.67. The summed E-state index contributed by atoms with van der Waals surface area (Å²) in [5, 5.41) is 14.5. The minimum absolute atomic E-state index is 0.0319. The largest absolute Gasteiger partial charge is 0.505 e. The Morgan fingerprint density at radius 2 is 1.83 bits per heavy atom. The first kappa shape index (κ1) is 30.2. The predicted molar refractivity (Wildman–Crippen MR) is 133 cm³/mol. The van der Waals surface area contributed by atoms with Crippen molar-refractivity contribution in [2.75, 3.05) is 6.67 Å². The zero-order valence-corrected chi connectivity index (χ0v) is 22.3. The number of nitrogens with zero attached hydrogens (tertiary/aromatic N) is 3. The highest BCUT2D eigenvalue weighted by Crippen LogP contribution is 2.40. The van der Waals surface area contributed by atoms with Gasteiger partial charge in [0.25, 0.3) is 12.0 Å². The average molecular weight is 643 g/mol.